The van der Waals surface area contributed by atoms with Crippen molar-refractivity contribution < 1.29 is 9.53 Å². The van der Waals surface area contributed by atoms with E-state index < -0.39 is 0 Å². The quantitative estimate of drug-likeness (QED) is 0.812. The molecule has 4 nitrogen and oxygen atoms in total. The molecule has 0 aromatic heterocycles. The normalized spacial score (nSPS) is 12.0. The molecule has 0 aliphatic rings. The number of carbonyl (C=O) groups excluding carboxylic acids is 1. The van der Waals surface area contributed by atoms with Gasteiger partial charge in [-0.1, -0.05) is 18.6 Å². The molecule has 100 valence electrons. The van der Waals surface area contributed by atoms with Crippen LogP contribution in [0.2, 0.25) is 0 Å². The Hall–Kier alpha value is -1.55. The van der Waals surface area contributed by atoms with Crippen LogP contribution in [0.25, 0.3) is 0 Å². The molecule has 1 aromatic carbocycles. The lowest BCUT2D eigenvalue weighted by molar-refractivity contribution is 0.0935. The Morgan fingerprint density at radius 3 is 2.78 bits per heavy atom. The zero-order chi connectivity index (χ0) is 13.5. The number of benzene rings is 1. The van der Waals surface area contributed by atoms with E-state index in [2.05, 4.69) is 10.6 Å². The number of hydrogen-bond acceptors (Lipinski definition) is 3. The summed E-state index contributed by atoms with van der Waals surface area (Å²) in [4.78, 5) is 12.1. The molecule has 0 spiro atoms. The molecule has 1 rings (SSSR count). The van der Waals surface area contributed by atoms with Crippen LogP contribution in [0.1, 0.15) is 22.8 Å². The Balaban J connectivity index is 2.68. The number of nitrogens with one attached hydrogen (secondary N) is 2. The van der Waals surface area contributed by atoms with Crippen LogP contribution < -0.4 is 10.6 Å². The van der Waals surface area contributed by atoms with Crippen molar-refractivity contribution in [1.29, 1.82) is 0 Å². The van der Waals surface area contributed by atoms with Crippen LogP contribution >= 0.6 is 0 Å². The predicted molar refractivity (Wildman–Crippen MR) is 74.1 cm³/mol. The van der Waals surface area contributed by atoms with Gasteiger partial charge in [0, 0.05) is 26.4 Å². The third kappa shape index (κ3) is 4.04. The molecule has 1 aromatic rings. The highest BCUT2D eigenvalue weighted by Crippen LogP contribution is 2.16. The van der Waals surface area contributed by atoms with Crippen LogP contribution in [-0.2, 0) is 4.74 Å². The highest BCUT2D eigenvalue weighted by molar-refractivity contribution is 5.99. The van der Waals surface area contributed by atoms with E-state index in [-0.39, 0.29) is 5.91 Å². The van der Waals surface area contributed by atoms with Crippen molar-refractivity contribution in [3.05, 3.63) is 29.3 Å². The summed E-state index contributed by atoms with van der Waals surface area (Å²) in [5.41, 5.74) is 2.60. The molecule has 0 saturated carbocycles. The lowest BCUT2D eigenvalue weighted by atomic mass is 10.1. The smallest absolute Gasteiger partial charge is 0.253 e. The standard InChI is InChI=1S/C14H22N2O2/c1-10-5-6-13(15-3)12(7-10)14(17)16-8-11(2)9-18-4/h5-7,11,15H,8-9H2,1-4H3,(H,16,17). The average molecular weight is 250 g/mol. The minimum Gasteiger partial charge on any atom is -0.387 e. The fraction of sp³-hybridized carbons (Fsp3) is 0.500. The molecule has 0 aliphatic carbocycles. The van der Waals surface area contributed by atoms with E-state index in [9.17, 15) is 4.79 Å². The zero-order valence-electron chi connectivity index (χ0n) is 11.5. The van der Waals surface area contributed by atoms with Gasteiger partial charge in [-0.25, -0.2) is 0 Å². The minimum atomic E-state index is -0.0500. The van der Waals surface area contributed by atoms with Crippen LogP contribution in [0.3, 0.4) is 0 Å². The Morgan fingerprint density at radius 1 is 1.44 bits per heavy atom. The Kier molecular flexibility index (Phi) is 5.65. The van der Waals surface area contributed by atoms with Crippen molar-refractivity contribution in [2.45, 2.75) is 13.8 Å². The predicted octanol–water partition coefficient (Wildman–Crippen LogP) is 2.05. The SMILES string of the molecule is CNc1ccc(C)cc1C(=O)NCC(C)COC. The van der Waals surface area contributed by atoms with Gasteiger partial charge in [0.25, 0.3) is 5.91 Å². The Bertz CT molecular complexity index is 405. The highest BCUT2D eigenvalue weighted by Gasteiger charge is 2.11. The van der Waals surface area contributed by atoms with Gasteiger partial charge in [-0.3, -0.25) is 4.79 Å². The fourth-order valence-electron chi connectivity index (χ4n) is 1.77. The van der Waals surface area contributed by atoms with Crippen LogP contribution in [0.4, 0.5) is 5.69 Å². The molecule has 1 atom stereocenters. The summed E-state index contributed by atoms with van der Waals surface area (Å²) < 4.78 is 5.04. The lowest BCUT2D eigenvalue weighted by Gasteiger charge is -2.14. The number of amides is 1. The summed E-state index contributed by atoms with van der Waals surface area (Å²) >= 11 is 0. The summed E-state index contributed by atoms with van der Waals surface area (Å²) in [6.45, 7) is 5.28. The van der Waals surface area contributed by atoms with Crippen molar-refractivity contribution >= 4 is 11.6 Å². The number of aryl methyl sites for hydroxylation is 1. The van der Waals surface area contributed by atoms with Gasteiger partial charge in [-0.15, -0.1) is 0 Å². The highest BCUT2D eigenvalue weighted by atomic mass is 16.5. The maximum absolute atomic E-state index is 12.1. The molecule has 0 aliphatic heterocycles. The van der Waals surface area contributed by atoms with E-state index in [1.807, 2.05) is 39.1 Å². The molecule has 0 fully saturated rings. The van der Waals surface area contributed by atoms with Gasteiger partial charge in [0.1, 0.15) is 0 Å². The maximum atomic E-state index is 12.1. The first kappa shape index (κ1) is 14.5. The Labute approximate surface area is 109 Å². The molecule has 1 amide bonds. The van der Waals surface area contributed by atoms with Gasteiger partial charge in [0.05, 0.1) is 12.2 Å². The molecule has 0 radical (unpaired) electrons. The van der Waals surface area contributed by atoms with E-state index in [4.69, 9.17) is 4.74 Å². The molecule has 4 heteroatoms. The first-order chi connectivity index (χ1) is 8.58. The van der Waals surface area contributed by atoms with E-state index >= 15 is 0 Å². The second-order valence-corrected chi connectivity index (χ2v) is 4.57. The first-order valence-electron chi connectivity index (χ1n) is 6.14. The second kappa shape index (κ2) is 7.01. The van der Waals surface area contributed by atoms with Crippen molar-refractivity contribution in [1.82, 2.24) is 5.32 Å². The third-order valence-corrected chi connectivity index (χ3v) is 2.75. The number of ether oxygens (including phenoxy) is 1. The largest absolute Gasteiger partial charge is 0.387 e. The Morgan fingerprint density at radius 2 is 2.17 bits per heavy atom. The van der Waals surface area contributed by atoms with Crippen LogP contribution in [0, 0.1) is 12.8 Å². The number of rotatable bonds is 6. The fourth-order valence-corrected chi connectivity index (χ4v) is 1.77. The van der Waals surface area contributed by atoms with Crippen LogP contribution in [0.5, 0.6) is 0 Å². The summed E-state index contributed by atoms with van der Waals surface area (Å²) in [5.74, 6) is 0.257. The van der Waals surface area contributed by atoms with Gasteiger partial charge in [-0.2, -0.15) is 0 Å². The summed E-state index contributed by atoms with van der Waals surface area (Å²) in [5, 5.41) is 5.96. The van der Waals surface area contributed by atoms with Crippen LogP contribution in [0.15, 0.2) is 18.2 Å². The topological polar surface area (TPSA) is 50.4 Å². The van der Waals surface area contributed by atoms with E-state index in [1.54, 1.807) is 7.11 Å². The molecule has 0 bridgehead atoms. The third-order valence-electron chi connectivity index (χ3n) is 2.75. The monoisotopic (exact) mass is 250 g/mol. The van der Waals surface area contributed by atoms with Gasteiger partial charge >= 0.3 is 0 Å². The maximum Gasteiger partial charge on any atom is 0.253 e. The summed E-state index contributed by atoms with van der Waals surface area (Å²) in [6, 6.07) is 5.79. The summed E-state index contributed by atoms with van der Waals surface area (Å²) in [7, 11) is 3.48. The van der Waals surface area contributed by atoms with Crippen molar-refractivity contribution in [3.8, 4) is 0 Å². The summed E-state index contributed by atoms with van der Waals surface area (Å²) in [6.07, 6.45) is 0. The average Bonchev–Trinajstić information content (AvgIpc) is 2.36. The van der Waals surface area contributed by atoms with Gasteiger partial charge in [-0.05, 0) is 25.0 Å². The van der Waals surface area contributed by atoms with Crippen molar-refractivity contribution in [2.24, 2.45) is 5.92 Å². The molecule has 0 heterocycles. The number of methoxy groups -OCH3 is 1. The second-order valence-electron chi connectivity index (χ2n) is 4.57. The van der Waals surface area contributed by atoms with Gasteiger partial charge in [0.15, 0.2) is 0 Å². The van der Waals surface area contributed by atoms with Crippen LogP contribution in [-0.4, -0.2) is 33.2 Å². The minimum absolute atomic E-state index is 0.0500. The number of hydrogen-bond donors (Lipinski definition) is 2. The van der Waals surface area contributed by atoms with Crippen molar-refractivity contribution in [2.75, 3.05) is 32.6 Å². The van der Waals surface area contributed by atoms with Gasteiger partial charge in [0.2, 0.25) is 0 Å². The van der Waals surface area contributed by atoms with Gasteiger partial charge < -0.3 is 15.4 Å². The molecule has 2 N–H and O–H groups in total. The molecule has 0 saturated heterocycles. The number of carbonyl (C=O) groups is 1. The molecular weight excluding hydrogens is 228 g/mol. The lowest BCUT2D eigenvalue weighted by Crippen LogP contribution is -2.30. The van der Waals surface area contributed by atoms with E-state index in [0.717, 1.165) is 11.3 Å². The first-order valence-corrected chi connectivity index (χ1v) is 6.14. The number of anilines is 1. The van der Waals surface area contributed by atoms with E-state index in [1.165, 1.54) is 0 Å². The van der Waals surface area contributed by atoms with E-state index in [0.29, 0.717) is 24.6 Å². The molecule has 18 heavy (non-hydrogen) atoms. The van der Waals surface area contributed by atoms with Crippen molar-refractivity contribution in [3.63, 3.8) is 0 Å². The zero-order valence-corrected chi connectivity index (χ0v) is 11.5. The molecule has 1 unspecified atom stereocenters. The molecular formula is C14H22N2O2.